The number of anilines is 1. The Balaban J connectivity index is 2.19. The largest absolute Gasteiger partial charge is 0.311 e. The maximum absolute atomic E-state index is 12.0. The third-order valence-corrected chi connectivity index (χ3v) is 4.52. The molecule has 18 heavy (non-hydrogen) atoms. The standard InChI is InChI=1S/C13H14INO2S/c1-8-5-10(14)3-4-12(8)15-7-11(6-13(15)17)18-9(2)16/h3-5,11H,6-7H2,1-2H3. The summed E-state index contributed by atoms with van der Waals surface area (Å²) in [5, 5.41) is 0.169. The number of hydrogen-bond acceptors (Lipinski definition) is 3. The van der Waals surface area contributed by atoms with E-state index in [0.29, 0.717) is 13.0 Å². The molecular formula is C13H14INO2S. The van der Waals surface area contributed by atoms with Crippen LogP contribution in [0.4, 0.5) is 5.69 Å². The van der Waals surface area contributed by atoms with Crippen molar-refractivity contribution in [3.05, 3.63) is 27.3 Å². The van der Waals surface area contributed by atoms with Crippen molar-refractivity contribution in [2.75, 3.05) is 11.4 Å². The molecule has 0 radical (unpaired) electrons. The summed E-state index contributed by atoms with van der Waals surface area (Å²) in [4.78, 5) is 24.9. The van der Waals surface area contributed by atoms with E-state index < -0.39 is 0 Å². The molecule has 0 saturated carbocycles. The van der Waals surface area contributed by atoms with Crippen LogP contribution in [0.2, 0.25) is 0 Å². The van der Waals surface area contributed by atoms with Gasteiger partial charge >= 0.3 is 0 Å². The fourth-order valence-electron chi connectivity index (χ4n) is 2.14. The van der Waals surface area contributed by atoms with Gasteiger partial charge in [0.15, 0.2) is 5.12 Å². The van der Waals surface area contributed by atoms with E-state index in [0.717, 1.165) is 14.8 Å². The van der Waals surface area contributed by atoms with Crippen LogP contribution < -0.4 is 4.90 Å². The number of thioether (sulfide) groups is 1. The highest BCUT2D eigenvalue weighted by atomic mass is 127. The highest BCUT2D eigenvalue weighted by Crippen LogP contribution is 2.31. The molecule has 2 rings (SSSR count). The Morgan fingerprint density at radius 2 is 2.22 bits per heavy atom. The van der Waals surface area contributed by atoms with Gasteiger partial charge in [-0.05, 0) is 53.3 Å². The van der Waals surface area contributed by atoms with Crippen molar-refractivity contribution in [1.29, 1.82) is 0 Å². The van der Waals surface area contributed by atoms with E-state index in [1.165, 1.54) is 11.8 Å². The van der Waals surface area contributed by atoms with E-state index in [-0.39, 0.29) is 16.3 Å². The zero-order valence-corrected chi connectivity index (χ0v) is 13.2. The van der Waals surface area contributed by atoms with Crippen LogP contribution in [0.3, 0.4) is 0 Å². The minimum atomic E-state index is 0.0778. The second kappa shape index (κ2) is 5.61. The van der Waals surface area contributed by atoms with Crippen molar-refractivity contribution in [2.24, 2.45) is 0 Å². The van der Waals surface area contributed by atoms with E-state index >= 15 is 0 Å². The van der Waals surface area contributed by atoms with Crippen LogP contribution in [0, 0.1) is 10.5 Å². The molecule has 1 saturated heterocycles. The number of hydrogen-bond donors (Lipinski definition) is 0. The molecule has 1 amide bonds. The Bertz CT molecular complexity index is 504. The molecule has 1 aromatic rings. The lowest BCUT2D eigenvalue weighted by Gasteiger charge is -2.19. The number of nitrogens with zero attached hydrogens (tertiary/aromatic N) is 1. The summed E-state index contributed by atoms with van der Waals surface area (Å²) >= 11 is 3.53. The zero-order chi connectivity index (χ0) is 13.3. The maximum Gasteiger partial charge on any atom is 0.228 e. The van der Waals surface area contributed by atoms with Gasteiger partial charge in [0.25, 0.3) is 0 Å². The third-order valence-electron chi connectivity index (χ3n) is 2.87. The summed E-state index contributed by atoms with van der Waals surface area (Å²) in [7, 11) is 0. The maximum atomic E-state index is 12.0. The van der Waals surface area contributed by atoms with Gasteiger partial charge in [-0.15, -0.1) is 0 Å². The quantitative estimate of drug-likeness (QED) is 0.746. The number of amides is 1. The van der Waals surface area contributed by atoms with Crippen LogP contribution in [0.1, 0.15) is 18.9 Å². The lowest BCUT2D eigenvalue weighted by molar-refractivity contribution is -0.117. The van der Waals surface area contributed by atoms with E-state index in [2.05, 4.69) is 28.7 Å². The predicted molar refractivity (Wildman–Crippen MR) is 82.9 cm³/mol. The van der Waals surface area contributed by atoms with Crippen LogP contribution in [-0.2, 0) is 9.59 Å². The van der Waals surface area contributed by atoms with Gasteiger partial charge in [-0.1, -0.05) is 11.8 Å². The molecule has 5 heteroatoms. The highest BCUT2D eigenvalue weighted by molar-refractivity contribution is 14.1. The molecule has 1 unspecified atom stereocenters. The molecule has 1 aromatic carbocycles. The molecule has 0 bridgehead atoms. The first-order valence-corrected chi connectivity index (χ1v) is 7.67. The second-order valence-corrected chi connectivity index (χ2v) is 7.09. The van der Waals surface area contributed by atoms with Crippen LogP contribution in [0.5, 0.6) is 0 Å². The topological polar surface area (TPSA) is 37.4 Å². The first kappa shape index (κ1) is 13.9. The molecule has 1 heterocycles. The van der Waals surface area contributed by atoms with Gasteiger partial charge in [0, 0.05) is 34.4 Å². The van der Waals surface area contributed by atoms with E-state index in [4.69, 9.17) is 0 Å². The van der Waals surface area contributed by atoms with Gasteiger partial charge in [0.05, 0.1) is 0 Å². The number of rotatable bonds is 2. The van der Waals surface area contributed by atoms with E-state index in [9.17, 15) is 9.59 Å². The van der Waals surface area contributed by atoms with Gasteiger partial charge < -0.3 is 4.90 Å². The molecule has 0 aromatic heterocycles. The second-order valence-electron chi connectivity index (χ2n) is 4.37. The molecule has 1 fully saturated rings. The fourth-order valence-corrected chi connectivity index (χ4v) is 3.71. The summed E-state index contributed by atoms with van der Waals surface area (Å²) in [6.45, 7) is 4.19. The molecule has 3 nitrogen and oxygen atoms in total. The van der Waals surface area contributed by atoms with Gasteiger partial charge in [-0.2, -0.15) is 0 Å². The lowest BCUT2D eigenvalue weighted by Crippen LogP contribution is -2.25. The van der Waals surface area contributed by atoms with Crippen LogP contribution in [0.25, 0.3) is 0 Å². The average Bonchev–Trinajstić information content (AvgIpc) is 2.58. The Labute approximate surface area is 124 Å². The van der Waals surface area contributed by atoms with Crippen LogP contribution in [-0.4, -0.2) is 22.8 Å². The predicted octanol–water partition coefficient (Wildman–Crippen LogP) is 2.98. The third kappa shape index (κ3) is 3.06. The van der Waals surface area contributed by atoms with Gasteiger partial charge in [-0.3, -0.25) is 9.59 Å². The normalized spacial score (nSPS) is 19.4. The fraction of sp³-hybridized carbons (Fsp3) is 0.385. The summed E-state index contributed by atoms with van der Waals surface area (Å²) in [6, 6.07) is 6.05. The molecule has 0 spiro atoms. The molecule has 96 valence electrons. The highest BCUT2D eigenvalue weighted by Gasteiger charge is 2.32. The van der Waals surface area contributed by atoms with E-state index in [1.807, 2.05) is 19.1 Å². The molecule has 1 aliphatic rings. The van der Waals surface area contributed by atoms with Gasteiger partial charge in [0.2, 0.25) is 5.91 Å². The van der Waals surface area contributed by atoms with Crippen molar-refractivity contribution in [2.45, 2.75) is 25.5 Å². The molecule has 0 aliphatic carbocycles. The van der Waals surface area contributed by atoms with Gasteiger partial charge in [-0.25, -0.2) is 0 Å². The molecular weight excluding hydrogens is 361 g/mol. The number of carbonyl (C=O) groups is 2. The van der Waals surface area contributed by atoms with Crippen molar-refractivity contribution < 1.29 is 9.59 Å². The van der Waals surface area contributed by atoms with Gasteiger partial charge in [0.1, 0.15) is 0 Å². The monoisotopic (exact) mass is 375 g/mol. The van der Waals surface area contributed by atoms with Crippen molar-refractivity contribution >= 4 is 51.1 Å². The van der Waals surface area contributed by atoms with Crippen LogP contribution >= 0.6 is 34.4 Å². The summed E-state index contributed by atoms with van der Waals surface area (Å²) in [5.41, 5.74) is 2.07. The molecule has 0 N–H and O–H groups in total. The Morgan fingerprint density at radius 1 is 1.50 bits per heavy atom. The summed E-state index contributed by atoms with van der Waals surface area (Å²) in [6.07, 6.45) is 0.454. The van der Waals surface area contributed by atoms with Crippen molar-refractivity contribution in [1.82, 2.24) is 0 Å². The average molecular weight is 375 g/mol. The van der Waals surface area contributed by atoms with E-state index in [1.54, 1.807) is 11.8 Å². The summed E-state index contributed by atoms with van der Waals surface area (Å²) in [5.74, 6) is 0.109. The summed E-state index contributed by atoms with van der Waals surface area (Å²) < 4.78 is 1.16. The first-order valence-electron chi connectivity index (χ1n) is 5.71. The number of aryl methyl sites for hydroxylation is 1. The first-order chi connectivity index (χ1) is 8.47. The Morgan fingerprint density at radius 3 is 2.83 bits per heavy atom. The van der Waals surface area contributed by atoms with Crippen molar-refractivity contribution in [3.63, 3.8) is 0 Å². The Hall–Kier alpha value is -0.560. The number of halogens is 1. The lowest BCUT2D eigenvalue weighted by atomic mass is 10.2. The SMILES string of the molecule is CC(=O)SC1CC(=O)N(c2ccc(I)cc2C)C1. The smallest absolute Gasteiger partial charge is 0.228 e. The molecule has 1 atom stereocenters. The number of carbonyl (C=O) groups excluding carboxylic acids is 2. The van der Waals surface area contributed by atoms with Crippen molar-refractivity contribution in [3.8, 4) is 0 Å². The van der Waals surface area contributed by atoms with Crippen LogP contribution in [0.15, 0.2) is 18.2 Å². The Kier molecular flexibility index (Phi) is 4.32. The number of benzene rings is 1. The minimum absolute atomic E-state index is 0.0778. The molecule has 1 aliphatic heterocycles. The zero-order valence-electron chi connectivity index (χ0n) is 10.3. The minimum Gasteiger partial charge on any atom is -0.311 e.